The van der Waals surface area contributed by atoms with Gasteiger partial charge in [0, 0.05) is 5.69 Å². The minimum atomic E-state index is -4.47. The average Bonchev–Trinajstić information content (AvgIpc) is 2.83. The second-order valence-corrected chi connectivity index (χ2v) is 9.06. The third-order valence-electron chi connectivity index (χ3n) is 4.69. The van der Waals surface area contributed by atoms with Crippen LogP contribution in [0.1, 0.15) is 43.1 Å². The summed E-state index contributed by atoms with van der Waals surface area (Å²) in [6.45, 7) is 7.05. The van der Waals surface area contributed by atoms with E-state index in [1.54, 1.807) is 39.0 Å². The number of hydrogen-bond acceptors (Lipinski definition) is 8. The van der Waals surface area contributed by atoms with Crippen LogP contribution in [0.15, 0.2) is 48.5 Å². The minimum Gasteiger partial charge on any atom is -0.460 e. The van der Waals surface area contributed by atoms with Gasteiger partial charge in [0.05, 0.1) is 62.9 Å². The summed E-state index contributed by atoms with van der Waals surface area (Å²) in [5.41, 5.74) is -0.624. The van der Waals surface area contributed by atoms with Crippen molar-refractivity contribution >= 4 is 23.3 Å². The van der Waals surface area contributed by atoms with Crippen molar-refractivity contribution in [2.24, 2.45) is 0 Å². The number of anilines is 2. The van der Waals surface area contributed by atoms with Crippen LogP contribution in [0.5, 0.6) is 0 Å². The van der Waals surface area contributed by atoms with E-state index in [4.69, 9.17) is 23.7 Å². The Labute approximate surface area is 220 Å². The molecular weight excluding hydrogens is 507 g/mol. The largest absolute Gasteiger partial charge is 0.460 e. The number of halogens is 3. The third-order valence-corrected chi connectivity index (χ3v) is 4.69. The van der Waals surface area contributed by atoms with Crippen LogP contribution in [0.2, 0.25) is 0 Å². The fraction of sp³-hybridized carbons (Fsp3) is 0.481. The maximum absolute atomic E-state index is 13.0. The Morgan fingerprint density at radius 1 is 0.789 bits per heavy atom. The summed E-state index contributed by atoms with van der Waals surface area (Å²) in [6, 6.07) is 11.1. The molecule has 11 heteroatoms. The SMILES string of the molecule is CC(C)(C)OC(=O)CCOCCOCCOCCOC(=O)c1ccccc1Nc1cccc(C(F)(F)F)c1. The number of ether oxygens (including phenoxy) is 5. The van der Waals surface area contributed by atoms with Crippen molar-refractivity contribution in [2.75, 3.05) is 51.6 Å². The summed E-state index contributed by atoms with van der Waals surface area (Å²) >= 11 is 0. The highest BCUT2D eigenvalue weighted by molar-refractivity contribution is 5.96. The molecule has 0 heterocycles. The van der Waals surface area contributed by atoms with E-state index >= 15 is 0 Å². The molecule has 0 aliphatic rings. The van der Waals surface area contributed by atoms with E-state index in [2.05, 4.69) is 5.32 Å². The van der Waals surface area contributed by atoms with Crippen molar-refractivity contribution in [1.29, 1.82) is 0 Å². The summed E-state index contributed by atoms with van der Waals surface area (Å²) in [5.74, 6) is -0.952. The second-order valence-electron chi connectivity index (χ2n) is 9.06. The summed E-state index contributed by atoms with van der Waals surface area (Å²) in [7, 11) is 0. The lowest BCUT2D eigenvalue weighted by Gasteiger charge is -2.19. The maximum atomic E-state index is 13.0. The molecule has 0 bridgehead atoms. The highest BCUT2D eigenvalue weighted by Crippen LogP contribution is 2.32. The normalized spacial score (nSPS) is 11.7. The quantitative estimate of drug-likeness (QED) is 0.237. The minimum absolute atomic E-state index is 0.00942. The first-order valence-corrected chi connectivity index (χ1v) is 12.1. The van der Waals surface area contributed by atoms with E-state index in [0.29, 0.717) is 25.5 Å². The number of nitrogens with one attached hydrogen (secondary N) is 1. The van der Waals surface area contributed by atoms with Crippen LogP contribution in [0.25, 0.3) is 0 Å². The van der Waals surface area contributed by atoms with E-state index < -0.39 is 23.3 Å². The Morgan fingerprint density at radius 2 is 1.39 bits per heavy atom. The molecule has 0 aliphatic heterocycles. The predicted molar refractivity (Wildman–Crippen MR) is 134 cm³/mol. The van der Waals surface area contributed by atoms with Gasteiger partial charge in [-0.25, -0.2) is 4.79 Å². The Morgan fingerprint density at radius 3 is 2.03 bits per heavy atom. The number of hydrogen-bond donors (Lipinski definition) is 1. The molecule has 0 unspecified atom stereocenters. The standard InChI is InChI=1S/C27H34F3NO7/c1-26(2,3)38-24(32)11-12-34-13-14-35-15-16-36-17-18-37-25(33)22-9-4-5-10-23(22)31-21-8-6-7-20(19-21)27(28,29)30/h4-10,19,31H,11-18H2,1-3H3. The van der Waals surface area contributed by atoms with Crippen molar-refractivity contribution in [3.63, 3.8) is 0 Å². The van der Waals surface area contributed by atoms with Crippen molar-refractivity contribution in [3.05, 3.63) is 59.7 Å². The van der Waals surface area contributed by atoms with Gasteiger partial charge in [0.25, 0.3) is 0 Å². The summed E-state index contributed by atoms with van der Waals surface area (Å²) < 4.78 is 65.4. The van der Waals surface area contributed by atoms with Crippen LogP contribution < -0.4 is 5.32 Å². The first-order chi connectivity index (χ1) is 18.0. The molecule has 0 aliphatic carbocycles. The lowest BCUT2D eigenvalue weighted by Crippen LogP contribution is -2.24. The zero-order chi connectivity index (χ0) is 28.0. The third kappa shape index (κ3) is 12.4. The molecule has 210 valence electrons. The molecule has 0 saturated carbocycles. The molecule has 0 aromatic heterocycles. The summed E-state index contributed by atoms with van der Waals surface area (Å²) in [5, 5.41) is 2.84. The highest BCUT2D eigenvalue weighted by Gasteiger charge is 2.30. The Kier molecular flexibility index (Phi) is 12.5. The molecule has 0 spiro atoms. The zero-order valence-electron chi connectivity index (χ0n) is 21.8. The predicted octanol–water partition coefficient (Wildman–Crippen LogP) is 5.39. The number of alkyl halides is 3. The van der Waals surface area contributed by atoms with E-state index in [1.807, 2.05) is 0 Å². The number of esters is 2. The van der Waals surface area contributed by atoms with Gasteiger partial charge in [0.2, 0.25) is 0 Å². The Balaban J connectivity index is 1.60. The van der Waals surface area contributed by atoms with Gasteiger partial charge in [-0.05, 0) is 51.1 Å². The molecule has 8 nitrogen and oxygen atoms in total. The second kappa shape index (κ2) is 15.3. The van der Waals surface area contributed by atoms with Gasteiger partial charge in [0.1, 0.15) is 12.2 Å². The Hall–Kier alpha value is -3.15. The van der Waals surface area contributed by atoms with E-state index in [-0.39, 0.29) is 50.1 Å². The fourth-order valence-electron chi connectivity index (χ4n) is 3.06. The monoisotopic (exact) mass is 541 g/mol. The van der Waals surface area contributed by atoms with Crippen LogP contribution in [0.4, 0.5) is 24.5 Å². The van der Waals surface area contributed by atoms with E-state index in [0.717, 1.165) is 12.1 Å². The van der Waals surface area contributed by atoms with Gasteiger partial charge in [-0.3, -0.25) is 4.79 Å². The number of benzene rings is 2. The van der Waals surface area contributed by atoms with Crippen molar-refractivity contribution in [3.8, 4) is 0 Å². The molecule has 0 fully saturated rings. The number of carbonyl (C=O) groups is 2. The number of para-hydroxylation sites is 1. The molecule has 0 saturated heterocycles. The average molecular weight is 542 g/mol. The number of rotatable bonds is 15. The molecule has 2 aromatic carbocycles. The van der Waals surface area contributed by atoms with Crippen LogP contribution in [-0.4, -0.2) is 63.8 Å². The zero-order valence-corrected chi connectivity index (χ0v) is 21.8. The van der Waals surface area contributed by atoms with Gasteiger partial charge < -0.3 is 29.0 Å². The van der Waals surface area contributed by atoms with Gasteiger partial charge in [-0.15, -0.1) is 0 Å². The van der Waals surface area contributed by atoms with E-state index in [9.17, 15) is 22.8 Å². The lowest BCUT2D eigenvalue weighted by atomic mass is 10.1. The van der Waals surface area contributed by atoms with Crippen LogP contribution in [0.3, 0.4) is 0 Å². The summed E-state index contributed by atoms with van der Waals surface area (Å²) in [6.07, 6.45) is -4.30. The van der Waals surface area contributed by atoms with Gasteiger partial charge in [-0.2, -0.15) is 13.2 Å². The molecule has 0 radical (unpaired) electrons. The molecule has 38 heavy (non-hydrogen) atoms. The van der Waals surface area contributed by atoms with Gasteiger partial charge in [0.15, 0.2) is 0 Å². The smallest absolute Gasteiger partial charge is 0.416 e. The fourth-order valence-corrected chi connectivity index (χ4v) is 3.06. The van der Waals surface area contributed by atoms with E-state index in [1.165, 1.54) is 18.2 Å². The summed E-state index contributed by atoms with van der Waals surface area (Å²) in [4.78, 5) is 24.0. The van der Waals surface area contributed by atoms with Gasteiger partial charge >= 0.3 is 18.1 Å². The molecule has 2 aromatic rings. The molecular formula is C27H34F3NO7. The highest BCUT2D eigenvalue weighted by atomic mass is 19.4. The van der Waals surface area contributed by atoms with Gasteiger partial charge in [-0.1, -0.05) is 18.2 Å². The Bertz CT molecular complexity index is 1020. The first-order valence-electron chi connectivity index (χ1n) is 12.1. The van der Waals surface area contributed by atoms with Crippen LogP contribution >= 0.6 is 0 Å². The lowest BCUT2D eigenvalue weighted by molar-refractivity contribution is -0.156. The van der Waals surface area contributed by atoms with Crippen molar-refractivity contribution < 1.29 is 46.4 Å². The number of carbonyl (C=O) groups excluding carboxylic acids is 2. The molecule has 0 atom stereocenters. The molecule has 2 rings (SSSR count). The van der Waals surface area contributed by atoms with Crippen molar-refractivity contribution in [1.82, 2.24) is 0 Å². The maximum Gasteiger partial charge on any atom is 0.416 e. The first kappa shape index (κ1) is 31.1. The molecule has 0 amide bonds. The molecule has 1 N–H and O–H groups in total. The van der Waals surface area contributed by atoms with Crippen LogP contribution in [0, 0.1) is 0 Å². The van der Waals surface area contributed by atoms with Crippen LogP contribution in [-0.2, 0) is 34.7 Å². The van der Waals surface area contributed by atoms with Crippen molar-refractivity contribution in [2.45, 2.75) is 39.0 Å². The topological polar surface area (TPSA) is 92.3 Å².